The van der Waals surface area contributed by atoms with Gasteiger partial charge in [-0.05, 0) is 13.3 Å². The highest BCUT2D eigenvalue weighted by Crippen LogP contribution is 2.25. The number of hydrogen-bond donors (Lipinski definition) is 1. The minimum absolute atomic E-state index is 0.251. The van der Waals surface area contributed by atoms with Crippen molar-refractivity contribution in [1.29, 1.82) is 0 Å². The molecule has 5 nitrogen and oxygen atoms in total. The molecule has 0 saturated carbocycles. The maximum atomic E-state index is 10.6. The van der Waals surface area contributed by atoms with Crippen LogP contribution in [-0.4, -0.2) is 34.1 Å². The first kappa shape index (κ1) is 11.8. The lowest BCUT2D eigenvalue weighted by Gasteiger charge is -2.39. The molecule has 2 rings (SSSR count). The largest absolute Gasteiger partial charge is 0.481 e. The fourth-order valence-corrected chi connectivity index (χ4v) is 2.09. The average molecular weight is 235 g/mol. The summed E-state index contributed by atoms with van der Waals surface area (Å²) in [6.07, 6.45) is 1.14. The van der Waals surface area contributed by atoms with Crippen LogP contribution in [0.3, 0.4) is 0 Å². The zero-order valence-electron chi connectivity index (χ0n) is 10.2. The highest BCUT2D eigenvalue weighted by Gasteiger charge is 2.29. The van der Waals surface area contributed by atoms with Gasteiger partial charge in [0.1, 0.15) is 11.6 Å². The van der Waals surface area contributed by atoms with Crippen LogP contribution in [0.2, 0.25) is 0 Å². The lowest BCUT2D eigenvalue weighted by molar-refractivity contribution is -0.138. The van der Waals surface area contributed by atoms with Gasteiger partial charge in [0.15, 0.2) is 0 Å². The van der Waals surface area contributed by atoms with E-state index in [4.69, 9.17) is 5.11 Å². The van der Waals surface area contributed by atoms with Crippen molar-refractivity contribution in [3.8, 4) is 0 Å². The molecule has 1 aromatic rings. The van der Waals surface area contributed by atoms with Gasteiger partial charge in [-0.25, -0.2) is 9.97 Å². The molecule has 1 saturated heterocycles. The van der Waals surface area contributed by atoms with Crippen molar-refractivity contribution in [3.63, 3.8) is 0 Å². The zero-order chi connectivity index (χ0) is 12.4. The predicted octanol–water partition coefficient (Wildman–Crippen LogP) is 1.26. The SMILES string of the molecule is CCc1cc(N2CC(CC(=O)O)C2)nc(C)n1. The van der Waals surface area contributed by atoms with Crippen LogP contribution in [-0.2, 0) is 11.2 Å². The first-order valence-corrected chi connectivity index (χ1v) is 5.89. The second kappa shape index (κ2) is 4.69. The van der Waals surface area contributed by atoms with Crippen LogP contribution in [0.15, 0.2) is 6.07 Å². The van der Waals surface area contributed by atoms with Crippen molar-refractivity contribution < 1.29 is 9.90 Å². The first-order chi connectivity index (χ1) is 8.08. The van der Waals surface area contributed by atoms with Gasteiger partial charge in [-0.1, -0.05) is 6.92 Å². The second-order valence-electron chi connectivity index (χ2n) is 4.49. The van der Waals surface area contributed by atoms with Crippen LogP contribution in [0.1, 0.15) is 24.9 Å². The first-order valence-electron chi connectivity index (χ1n) is 5.89. The minimum atomic E-state index is -0.720. The number of anilines is 1. The molecule has 0 unspecified atom stereocenters. The van der Waals surface area contributed by atoms with Gasteiger partial charge in [0.2, 0.25) is 0 Å². The van der Waals surface area contributed by atoms with Gasteiger partial charge in [-0.2, -0.15) is 0 Å². The summed E-state index contributed by atoms with van der Waals surface area (Å²) < 4.78 is 0. The Labute approximate surface area is 100 Å². The van der Waals surface area contributed by atoms with E-state index in [0.29, 0.717) is 0 Å². The van der Waals surface area contributed by atoms with E-state index < -0.39 is 5.97 Å². The standard InChI is InChI=1S/C12H17N3O2/c1-3-10-5-11(14-8(2)13-10)15-6-9(7-15)4-12(16)17/h5,9H,3-4,6-7H2,1-2H3,(H,16,17). The van der Waals surface area contributed by atoms with Gasteiger partial charge in [0.25, 0.3) is 0 Å². The molecule has 92 valence electrons. The third-order valence-corrected chi connectivity index (χ3v) is 2.98. The molecule has 0 atom stereocenters. The van der Waals surface area contributed by atoms with E-state index in [1.54, 1.807) is 0 Å². The molecular formula is C12H17N3O2. The average Bonchev–Trinajstić information content (AvgIpc) is 2.21. The molecule has 0 spiro atoms. The summed E-state index contributed by atoms with van der Waals surface area (Å²) in [5.74, 6) is 1.24. The van der Waals surface area contributed by atoms with Crippen LogP contribution < -0.4 is 4.90 Å². The Morgan fingerprint density at radius 3 is 2.82 bits per heavy atom. The Kier molecular flexibility index (Phi) is 3.26. The highest BCUT2D eigenvalue weighted by molar-refractivity contribution is 5.67. The number of aromatic nitrogens is 2. The summed E-state index contributed by atoms with van der Waals surface area (Å²) in [7, 11) is 0. The van der Waals surface area contributed by atoms with Gasteiger partial charge in [-0.3, -0.25) is 4.79 Å². The summed E-state index contributed by atoms with van der Waals surface area (Å²) in [6, 6.07) is 1.99. The zero-order valence-corrected chi connectivity index (χ0v) is 10.2. The van der Waals surface area contributed by atoms with Gasteiger partial charge in [0, 0.05) is 30.8 Å². The van der Waals surface area contributed by atoms with E-state index >= 15 is 0 Å². The summed E-state index contributed by atoms with van der Waals surface area (Å²) in [4.78, 5) is 21.4. The maximum Gasteiger partial charge on any atom is 0.303 e. The molecule has 0 aliphatic carbocycles. The monoisotopic (exact) mass is 235 g/mol. The Morgan fingerprint density at radius 2 is 2.24 bits per heavy atom. The van der Waals surface area contributed by atoms with Crippen molar-refractivity contribution in [1.82, 2.24) is 9.97 Å². The van der Waals surface area contributed by atoms with E-state index in [1.807, 2.05) is 13.0 Å². The Hall–Kier alpha value is -1.65. The number of carboxylic acid groups (broad SMARTS) is 1. The van der Waals surface area contributed by atoms with Crippen LogP contribution in [0.5, 0.6) is 0 Å². The molecule has 5 heteroatoms. The van der Waals surface area contributed by atoms with Crippen molar-refractivity contribution in [2.45, 2.75) is 26.7 Å². The molecule has 1 aliphatic heterocycles. The molecular weight excluding hydrogens is 218 g/mol. The predicted molar refractivity (Wildman–Crippen MR) is 64.1 cm³/mol. The molecule has 0 bridgehead atoms. The lowest BCUT2D eigenvalue weighted by atomic mass is 9.96. The third kappa shape index (κ3) is 2.72. The van der Waals surface area contributed by atoms with E-state index in [1.165, 1.54) is 0 Å². The summed E-state index contributed by atoms with van der Waals surface area (Å²) in [6.45, 7) is 5.52. The smallest absolute Gasteiger partial charge is 0.303 e. The van der Waals surface area contributed by atoms with Crippen LogP contribution >= 0.6 is 0 Å². The third-order valence-electron chi connectivity index (χ3n) is 2.98. The Morgan fingerprint density at radius 1 is 1.53 bits per heavy atom. The summed E-state index contributed by atoms with van der Waals surface area (Å²) >= 11 is 0. The highest BCUT2D eigenvalue weighted by atomic mass is 16.4. The molecule has 1 aromatic heterocycles. The number of nitrogens with zero attached hydrogens (tertiary/aromatic N) is 3. The van der Waals surface area contributed by atoms with E-state index in [-0.39, 0.29) is 12.3 Å². The molecule has 0 aromatic carbocycles. The number of rotatable bonds is 4. The van der Waals surface area contributed by atoms with Crippen molar-refractivity contribution in [3.05, 3.63) is 17.6 Å². The molecule has 0 radical (unpaired) electrons. The number of hydrogen-bond acceptors (Lipinski definition) is 4. The molecule has 17 heavy (non-hydrogen) atoms. The van der Waals surface area contributed by atoms with Crippen molar-refractivity contribution >= 4 is 11.8 Å². The molecule has 1 N–H and O–H groups in total. The minimum Gasteiger partial charge on any atom is -0.481 e. The molecule has 0 amide bonds. The van der Waals surface area contributed by atoms with Gasteiger partial charge in [-0.15, -0.1) is 0 Å². The van der Waals surface area contributed by atoms with Gasteiger partial charge in [0.05, 0.1) is 6.42 Å². The van der Waals surface area contributed by atoms with E-state index in [0.717, 1.165) is 36.8 Å². The molecule has 2 heterocycles. The topological polar surface area (TPSA) is 66.3 Å². The normalized spacial score (nSPS) is 15.8. The van der Waals surface area contributed by atoms with Crippen LogP contribution in [0.25, 0.3) is 0 Å². The van der Waals surface area contributed by atoms with E-state index in [2.05, 4.69) is 21.8 Å². The number of carboxylic acids is 1. The van der Waals surface area contributed by atoms with Crippen LogP contribution in [0, 0.1) is 12.8 Å². The quantitative estimate of drug-likeness (QED) is 0.851. The summed E-state index contributed by atoms with van der Waals surface area (Å²) in [5, 5.41) is 8.69. The Balaban J connectivity index is 2.01. The fraction of sp³-hybridized carbons (Fsp3) is 0.583. The van der Waals surface area contributed by atoms with Gasteiger partial charge >= 0.3 is 5.97 Å². The summed E-state index contributed by atoms with van der Waals surface area (Å²) in [5.41, 5.74) is 1.04. The van der Waals surface area contributed by atoms with E-state index in [9.17, 15) is 4.79 Å². The van der Waals surface area contributed by atoms with Crippen molar-refractivity contribution in [2.75, 3.05) is 18.0 Å². The number of aliphatic carboxylic acids is 1. The van der Waals surface area contributed by atoms with Crippen LogP contribution in [0.4, 0.5) is 5.82 Å². The fourth-order valence-electron chi connectivity index (χ4n) is 2.09. The lowest BCUT2D eigenvalue weighted by Crippen LogP contribution is -2.48. The number of carbonyl (C=O) groups is 1. The maximum absolute atomic E-state index is 10.6. The second-order valence-corrected chi connectivity index (χ2v) is 4.49. The number of aryl methyl sites for hydroxylation is 2. The Bertz CT molecular complexity index is 428. The molecule has 1 aliphatic rings. The van der Waals surface area contributed by atoms with Crippen molar-refractivity contribution in [2.24, 2.45) is 5.92 Å². The van der Waals surface area contributed by atoms with Gasteiger partial charge < -0.3 is 10.0 Å². The molecule has 1 fully saturated rings.